The average molecular weight is 938 g/mol. The largest absolute Gasteiger partial charge is 0.466 e. The Morgan fingerprint density at radius 3 is 1.50 bits per heavy atom. The Labute approximate surface area is 405 Å². The summed E-state index contributed by atoms with van der Waals surface area (Å²) >= 11 is 0. The maximum atomic E-state index is 12.6. The number of carbonyl (C=O) groups is 3. The zero-order valence-corrected chi connectivity index (χ0v) is 43.2. The van der Waals surface area contributed by atoms with Gasteiger partial charge in [-0.2, -0.15) is 0 Å². The summed E-state index contributed by atoms with van der Waals surface area (Å²) in [5, 5.41) is 9.47. The molecule has 0 bridgehead atoms. The fourth-order valence-electron chi connectivity index (χ4n) is 7.47. The van der Waals surface area contributed by atoms with Crippen LogP contribution in [0, 0.1) is 0 Å². The van der Waals surface area contributed by atoms with Gasteiger partial charge in [0.25, 0.3) is 0 Å². The molecular weight excluding hydrogens is 835 g/mol. The van der Waals surface area contributed by atoms with Crippen molar-refractivity contribution in [2.45, 2.75) is 246 Å². The van der Waals surface area contributed by atoms with Crippen molar-refractivity contribution >= 4 is 17.7 Å². The van der Waals surface area contributed by atoms with Gasteiger partial charge in [0.1, 0.15) is 13.2 Å². The molecule has 1 atom stereocenters. The van der Waals surface area contributed by atoms with Crippen LogP contribution in [0.4, 0.5) is 0 Å². The second-order valence-electron chi connectivity index (χ2n) is 17.9. The van der Waals surface area contributed by atoms with E-state index in [2.05, 4.69) is 56.9 Å². The molecule has 0 aliphatic heterocycles. The SMILES string of the molecule is CC/C=C\CCCCOC(CCC(=O)OCCCCCCCN(CCCO)CCCCCCC(=O)OCC(OCCCCCCC)OCC(=O)CCCCCCC)OCCCC/C=C\CC. The van der Waals surface area contributed by atoms with Gasteiger partial charge in [-0.25, -0.2) is 0 Å². The molecule has 0 aliphatic carbocycles. The Hall–Kier alpha value is -2.15. The molecule has 1 N–H and O–H groups in total. The van der Waals surface area contributed by atoms with E-state index in [1.165, 1.54) is 32.1 Å². The molecule has 0 saturated heterocycles. The third kappa shape index (κ3) is 46.9. The molecular formula is C55H103NO10. The van der Waals surface area contributed by atoms with Crippen LogP contribution < -0.4 is 0 Å². The Kier molecular flexibility index (Phi) is 50.5. The maximum Gasteiger partial charge on any atom is 0.305 e. The van der Waals surface area contributed by atoms with Crippen LogP contribution in [0.3, 0.4) is 0 Å². The van der Waals surface area contributed by atoms with Gasteiger partial charge in [-0.05, 0) is 109 Å². The third-order valence-corrected chi connectivity index (χ3v) is 11.6. The summed E-state index contributed by atoms with van der Waals surface area (Å²) in [5.74, 6) is -0.370. The first-order valence-electron chi connectivity index (χ1n) is 27.3. The van der Waals surface area contributed by atoms with E-state index in [0.29, 0.717) is 52.1 Å². The van der Waals surface area contributed by atoms with Gasteiger partial charge < -0.3 is 38.4 Å². The number of Topliss-reactive ketones (excluding diaryl/α,β-unsaturated/α-hetero) is 1. The summed E-state index contributed by atoms with van der Waals surface area (Å²) in [7, 11) is 0. The van der Waals surface area contributed by atoms with Crippen molar-refractivity contribution in [2.24, 2.45) is 0 Å². The molecule has 66 heavy (non-hydrogen) atoms. The van der Waals surface area contributed by atoms with Crippen LogP contribution in [0.15, 0.2) is 24.3 Å². The molecule has 0 fully saturated rings. The zero-order valence-electron chi connectivity index (χ0n) is 43.2. The van der Waals surface area contributed by atoms with Crippen molar-refractivity contribution in [2.75, 3.05) is 65.9 Å². The first kappa shape index (κ1) is 63.8. The highest BCUT2D eigenvalue weighted by atomic mass is 16.7. The number of ketones is 1. The summed E-state index contributed by atoms with van der Waals surface area (Å²) in [5.41, 5.74) is 0. The number of rotatable bonds is 53. The molecule has 11 heteroatoms. The van der Waals surface area contributed by atoms with E-state index in [9.17, 15) is 19.5 Å². The number of ether oxygens (including phenoxy) is 6. The molecule has 0 aromatic rings. The molecule has 0 radical (unpaired) electrons. The number of aliphatic hydroxyl groups excluding tert-OH is 1. The molecule has 1 unspecified atom stereocenters. The first-order valence-corrected chi connectivity index (χ1v) is 27.3. The molecule has 11 nitrogen and oxygen atoms in total. The number of unbranched alkanes of at least 4 members (excludes halogenated alkanes) is 19. The van der Waals surface area contributed by atoms with E-state index >= 15 is 0 Å². The van der Waals surface area contributed by atoms with Gasteiger partial charge in [-0.1, -0.05) is 135 Å². The van der Waals surface area contributed by atoms with Crippen molar-refractivity contribution in [3.63, 3.8) is 0 Å². The van der Waals surface area contributed by atoms with Gasteiger partial charge in [0.05, 0.1) is 13.0 Å². The topological polar surface area (TPSA) is 130 Å². The van der Waals surface area contributed by atoms with E-state index in [1.807, 2.05) is 0 Å². The quantitative estimate of drug-likeness (QED) is 0.0271. The molecule has 0 saturated carbocycles. The number of nitrogens with zero attached hydrogens (tertiary/aromatic N) is 1. The van der Waals surface area contributed by atoms with E-state index in [0.717, 1.165) is 167 Å². The number of esters is 2. The van der Waals surface area contributed by atoms with Gasteiger partial charge in [-0.15, -0.1) is 0 Å². The number of hydrogen-bond acceptors (Lipinski definition) is 11. The van der Waals surface area contributed by atoms with Crippen LogP contribution in [0.25, 0.3) is 0 Å². The minimum absolute atomic E-state index is 0.00797. The van der Waals surface area contributed by atoms with Crippen molar-refractivity contribution in [1.82, 2.24) is 4.90 Å². The molecule has 0 spiro atoms. The minimum Gasteiger partial charge on any atom is -0.466 e. The average Bonchev–Trinajstić information content (AvgIpc) is 3.32. The van der Waals surface area contributed by atoms with E-state index in [-0.39, 0.29) is 43.8 Å². The normalized spacial score (nSPS) is 12.3. The molecule has 0 rings (SSSR count). The highest BCUT2D eigenvalue weighted by molar-refractivity contribution is 5.79. The second-order valence-corrected chi connectivity index (χ2v) is 17.9. The third-order valence-electron chi connectivity index (χ3n) is 11.6. The number of aliphatic hydroxyl groups is 1. The van der Waals surface area contributed by atoms with Gasteiger partial charge in [-0.3, -0.25) is 14.4 Å². The summed E-state index contributed by atoms with van der Waals surface area (Å²) in [6, 6.07) is 0. The number of allylic oxidation sites excluding steroid dienone is 4. The molecule has 0 aromatic carbocycles. The molecule has 388 valence electrons. The molecule has 0 amide bonds. The van der Waals surface area contributed by atoms with Crippen molar-refractivity contribution in [3.8, 4) is 0 Å². The van der Waals surface area contributed by atoms with Gasteiger partial charge in [0.15, 0.2) is 18.4 Å². The van der Waals surface area contributed by atoms with E-state index < -0.39 is 6.29 Å². The molecule has 0 heterocycles. The number of carbonyl (C=O) groups excluding carboxylic acids is 3. The van der Waals surface area contributed by atoms with E-state index in [1.54, 1.807) is 0 Å². The van der Waals surface area contributed by atoms with Crippen LogP contribution >= 0.6 is 0 Å². The zero-order chi connectivity index (χ0) is 48.2. The van der Waals surface area contributed by atoms with Crippen LogP contribution in [0.5, 0.6) is 0 Å². The highest BCUT2D eigenvalue weighted by Crippen LogP contribution is 2.13. The Morgan fingerprint density at radius 2 is 0.924 bits per heavy atom. The van der Waals surface area contributed by atoms with Crippen molar-refractivity contribution in [1.29, 1.82) is 0 Å². The van der Waals surface area contributed by atoms with Crippen LogP contribution in [-0.4, -0.2) is 106 Å². The Balaban J connectivity index is 4.35. The summed E-state index contributed by atoms with van der Waals surface area (Å²) < 4.78 is 34.9. The predicted molar refractivity (Wildman–Crippen MR) is 271 cm³/mol. The predicted octanol–water partition coefficient (Wildman–Crippen LogP) is 13.3. The maximum absolute atomic E-state index is 12.6. The lowest BCUT2D eigenvalue weighted by Crippen LogP contribution is -2.28. The lowest BCUT2D eigenvalue weighted by Gasteiger charge is -2.22. The monoisotopic (exact) mass is 938 g/mol. The smallest absolute Gasteiger partial charge is 0.305 e. The summed E-state index contributed by atoms with van der Waals surface area (Å²) in [4.78, 5) is 40.0. The second kappa shape index (κ2) is 52.2. The van der Waals surface area contributed by atoms with Gasteiger partial charge >= 0.3 is 11.9 Å². The highest BCUT2D eigenvalue weighted by Gasteiger charge is 2.16. The lowest BCUT2D eigenvalue weighted by atomic mass is 10.1. The first-order chi connectivity index (χ1) is 32.4. The van der Waals surface area contributed by atoms with Crippen LogP contribution in [0.2, 0.25) is 0 Å². The molecule has 0 aromatic heterocycles. The molecule has 0 aliphatic rings. The fourth-order valence-corrected chi connectivity index (χ4v) is 7.47. The van der Waals surface area contributed by atoms with Crippen LogP contribution in [0.1, 0.15) is 233 Å². The lowest BCUT2D eigenvalue weighted by molar-refractivity contribution is -0.184. The Morgan fingerprint density at radius 1 is 0.455 bits per heavy atom. The van der Waals surface area contributed by atoms with Gasteiger partial charge in [0, 0.05) is 52.2 Å². The Bertz CT molecular complexity index is 1090. The van der Waals surface area contributed by atoms with Crippen LogP contribution in [-0.2, 0) is 42.8 Å². The van der Waals surface area contributed by atoms with Gasteiger partial charge in [0.2, 0.25) is 0 Å². The summed E-state index contributed by atoms with van der Waals surface area (Å²) in [6.45, 7) is 14.0. The fraction of sp³-hybridized carbons (Fsp3) is 0.873. The van der Waals surface area contributed by atoms with Crippen molar-refractivity contribution < 1.29 is 47.9 Å². The standard InChI is InChI=1S/C55H103NO10/c1-5-9-13-17-25-34-46-62-54(63-47-35-26-18-14-10-6-2)40-39-53(60)61-45-32-27-19-22-30-41-56(43-36-44-57)42-31-23-21-29-38-52(59)65-50-55(64-48-33-24-16-12-8-4)66-49-51(58)37-28-20-15-11-7-3/h9-10,13-14,54-55,57H,5-8,11-12,15-50H2,1-4H3/b13-9-,14-10-. The minimum atomic E-state index is -0.717. The number of hydrogen-bond donors (Lipinski definition) is 1. The van der Waals surface area contributed by atoms with Crippen molar-refractivity contribution in [3.05, 3.63) is 24.3 Å². The summed E-state index contributed by atoms with van der Waals surface area (Å²) in [6.07, 6.45) is 38.7. The van der Waals surface area contributed by atoms with E-state index in [4.69, 9.17) is 28.4 Å².